The molecule has 96 valence electrons. The lowest BCUT2D eigenvalue weighted by Crippen LogP contribution is -2.31. The minimum Gasteiger partial charge on any atom is -0.316 e. The number of nitrogens with one attached hydrogen (secondary N) is 1. The summed E-state index contributed by atoms with van der Waals surface area (Å²) >= 11 is 1.79. The lowest BCUT2D eigenvalue weighted by atomic mass is 10.1. The van der Waals surface area contributed by atoms with Gasteiger partial charge >= 0.3 is 0 Å². The Morgan fingerprint density at radius 3 is 2.29 bits per heavy atom. The van der Waals surface area contributed by atoms with E-state index in [0.29, 0.717) is 11.7 Å². The van der Waals surface area contributed by atoms with Gasteiger partial charge in [0.25, 0.3) is 0 Å². The molecular weight excluding hydrogens is 240 g/mol. The van der Waals surface area contributed by atoms with Crippen molar-refractivity contribution in [2.45, 2.75) is 31.6 Å². The Kier molecular flexibility index (Phi) is 5.92. The summed E-state index contributed by atoms with van der Waals surface area (Å²) in [6.45, 7) is 4.22. The molecular formula is C13H19F2NS. The van der Waals surface area contributed by atoms with E-state index in [1.807, 2.05) is 7.05 Å². The maximum atomic E-state index is 13.5. The second-order valence-electron chi connectivity index (χ2n) is 4.27. The highest BCUT2D eigenvalue weighted by molar-refractivity contribution is 7.99. The molecule has 0 bridgehead atoms. The number of likely N-dealkylation sites (N-methyl/N-ethyl adjacent to an activating group) is 1. The van der Waals surface area contributed by atoms with Gasteiger partial charge in [0, 0.05) is 17.4 Å². The van der Waals surface area contributed by atoms with Crippen molar-refractivity contribution >= 4 is 11.8 Å². The average Bonchev–Trinajstić information content (AvgIpc) is 2.27. The van der Waals surface area contributed by atoms with Crippen molar-refractivity contribution in [2.24, 2.45) is 0 Å². The molecule has 0 saturated carbocycles. The van der Waals surface area contributed by atoms with Crippen molar-refractivity contribution in [3.8, 4) is 0 Å². The molecule has 1 aromatic rings. The van der Waals surface area contributed by atoms with Gasteiger partial charge in [0.15, 0.2) is 0 Å². The predicted octanol–water partition coefficient (Wildman–Crippen LogP) is 3.24. The third-order valence-corrected chi connectivity index (χ3v) is 3.81. The maximum absolute atomic E-state index is 13.5. The zero-order valence-corrected chi connectivity index (χ0v) is 11.3. The van der Waals surface area contributed by atoms with Crippen molar-refractivity contribution in [1.82, 2.24) is 5.32 Å². The van der Waals surface area contributed by atoms with Crippen LogP contribution in [0.1, 0.15) is 19.4 Å². The molecule has 1 nitrogen and oxygen atoms in total. The molecule has 1 N–H and O–H groups in total. The highest BCUT2D eigenvalue weighted by Gasteiger charge is 2.14. The molecule has 0 fully saturated rings. The van der Waals surface area contributed by atoms with Gasteiger partial charge in [-0.2, -0.15) is 11.8 Å². The molecule has 4 heteroatoms. The smallest absolute Gasteiger partial charge is 0.129 e. The number of thioether (sulfide) groups is 1. The summed E-state index contributed by atoms with van der Waals surface area (Å²) in [6, 6.07) is 4.10. The van der Waals surface area contributed by atoms with Crippen LogP contribution in [0.4, 0.5) is 8.78 Å². The minimum absolute atomic E-state index is 0.0915. The highest BCUT2D eigenvalue weighted by Crippen LogP contribution is 2.17. The summed E-state index contributed by atoms with van der Waals surface area (Å²) in [5, 5.41) is 3.63. The van der Waals surface area contributed by atoms with E-state index in [0.717, 1.165) is 5.75 Å². The summed E-state index contributed by atoms with van der Waals surface area (Å²) in [6.07, 6.45) is 0.384. The molecule has 17 heavy (non-hydrogen) atoms. The number of hydrogen-bond donors (Lipinski definition) is 1. The van der Waals surface area contributed by atoms with Gasteiger partial charge in [0.2, 0.25) is 0 Å². The Labute approximate surface area is 106 Å². The zero-order valence-electron chi connectivity index (χ0n) is 10.5. The van der Waals surface area contributed by atoms with E-state index in [9.17, 15) is 8.78 Å². The second-order valence-corrected chi connectivity index (χ2v) is 5.88. The van der Waals surface area contributed by atoms with Gasteiger partial charge in [0.05, 0.1) is 0 Å². The van der Waals surface area contributed by atoms with Crippen LogP contribution in [0, 0.1) is 11.6 Å². The number of hydrogen-bond acceptors (Lipinski definition) is 2. The number of rotatable bonds is 6. The van der Waals surface area contributed by atoms with E-state index in [2.05, 4.69) is 19.2 Å². The van der Waals surface area contributed by atoms with Crippen LogP contribution in [-0.4, -0.2) is 24.1 Å². The summed E-state index contributed by atoms with van der Waals surface area (Å²) in [5.74, 6) is -0.0679. The summed E-state index contributed by atoms with van der Waals surface area (Å²) in [4.78, 5) is 0. The average molecular weight is 259 g/mol. The molecule has 0 radical (unpaired) electrons. The van der Waals surface area contributed by atoms with Crippen LogP contribution in [0.15, 0.2) is 18.2 Å². The first kappa shape index (κ1) is 14.5. The normalized spacial score (nSPS) is 13.1. The van der Waals surface area contributed by atoms with E-state index in [-0.39, 0.29) is 11.6 Å². The largest absolute Gasteiger partial charge is 0.316 e. The Morgan fingerprint density at radius 2 is 1.82 bits per heavy atom. The first-order valence-corrected chi connectivity index (χ1v) is 6.81. The molecule has 1 atom stereocenters. The van der Waals surface area contributed by atoms with Crippen molar-refractivity contribution < 1.29 is 8.78 Å². The maximum Gasteiger partial charge on any atom is 0.129 e. The van der Waals surface area contributed by atoms with Crippen molar-refractivity contribution in [2.75, 3.05) is 12.8 Å². The third kappa shape index (κ3) is 4.64. The second kappa shape index (κ2) is 6.97. The molecule has 0 aliphatic carbocycles. The molecule has 0 aliphatic rings. The Hall–Kier alpha value is -0.610. The highest BCUT2D eigenvalue weighted by atomic mass is 32.2. The van der Waals surface area contributed by atoms with Gasteiger partial charge in [-0.3, -0.25) is 0 Å². The molecule has 1 rings (SSSR count). The van der Waals surface area contributed by atoms with Crippen LogP contribution in [-0.2, 0) is 6.42 Å². The van der Waals surface area contributed by atoms with Crippen LogP contribution >= 0.6 is 11.8 Å². The van der Waals surface area contributed by atoms with E-state index >= 15 is 0 Å². The van der Waals surface area contributed by atoms with Gasteiger partial charge in [-0.05, 0) is 30.9 Å². The van der Waals surface area contributed by atoms with Gasteiger partial charge in [0.1, 0.15) is 11.6 Å². The minimum atomic E-state index is -0.459. The topological polar surface area (TPSA) is 12.0 Å². The summed E-state index contributed by atoms with van der Waals surface area (Å²) < 4.78 is 26.9. The molecule has 0 spiro atoms. The lowest BCUT2D eigenvalue weighted by Gasteiger charge is -2.17. The van der Waals surface area contributed by atoms with E-state index < -0.39 is 11.6 Å². The van der Waals surface area contributed by atoms with Crippen molar-refractivity contribution in [1.29, 1.82) is 0 Å². The SMILES string of the molecule is CNC(CSC(C)C)Cc1c(F)cccc1F. The fourth-order valence-corrected chi connectivity index (χ4v) is 2.43. The monoisotopic (exact) mass is 259 g/mol. The third-order valence-electron chi connectivity index (χ3n) is 2.55. The molecule has 0 heterocycles. The Bertz CT molecular complexity index is 335. The quantitative estimate of drug-likeness (QED) is 0.841. The standard InChI is InChI=1S/C13H19F2NS/c1-9(2)17-8-10(16-3)7-11-12(14)5-4-6-13(11)15/h4-6,9-10,16H,7-8H2,1-3H3. The van der Waals surface area contributed by atoms with Crippen molar-refractivity contribution in [3.05, 3.63) is 35.4 Å². The van der Waals surface area contributed by atoms with E-state index in [1.54, 1.807) is 11.8 Å². The molecule has 1 aromatic carbocycles. The van der Waals surface area contributed by atoms with E-state index in [4.69, 9.17) is 0 Å². The first-order valence-electron chi connectivity index (χ1n) is 5.76. The number of halogens is 2. The molecule has 0 aromatic heterocycles. The molecule has 1 unspecified atom stereocenters. The molecule has 0 saturated heterocycles. The van der Waals surface area contributed by atoms with E-state index in [1.165, 1.54) is 18.2 Å². The predicted molar refractivity (Wildman–Crippen MR) is 70.5 cm³/mol. The fraction of sp³-hybridized carbons (Fsp3) is 0.538. The summed E-state index contributed by atoms with van der Waals surface area (Å²) in [5.41, 5.74) is 0.177. The Morgan fingerprint density at radius 1 is 1.24 bits per heavy atom. The number of benzene rings is 1. The summed E-state index contributed by atoms with van der Waals surface area (Å²) in [7, 11) is 1.82. The zero-order chi connectivity index (χ0) is 12.8. The fourth-order valence-electron chi connectivity index (χ4n) is 1.53. The molecule has 0 aliphatic heterocycles. The van der Waals surface area contributed by atoms with Gasteiger partial charge in [-0.25, -0.2) is 8.78 Å². The Balaban J connectivity index is 2.67. The van der Waals surface area contributed by atoms with Crippen LogP contribution in [0.3, 0.4) is 0 Å². The van der Waals surface area contributed by atoms with Crippen LogP contribution < -0.4 is 5.32 Å². The first-order chi connectivity index (χ1) is 8.04. The van der Waals surface area contributed by atoms with Gasteiger partial charge in [-0.1, -0.05) is 19.9 Å². The van der Waals surface area contributed by atoms with Crippen LogP contribution in [0.25, 0.3) is 0 Å². The van der Waals surface area contributed by atoms with Crippen LogP contribution in [0.5, 0.6) is 0 Å². The van der Waals surface area contributed by atoms with Crippen molar-refractivity contribution in [3.63, 3.8) is 0 Å². The molecule has 0 amide bonds. The lowest BCUT2D eigenvalue weighted by molar-refractivity contribution is 0.524. The van der Waals surface area contributed by atoms with Gasteiger partial charge < -0.3 is 5.32 Å². The van der Waals surface area contributed by atoms with Gasteiger partial charge in [-0.15, -0.1) is 0 Å². The van der Waals surface area contributed by atoms with Crippen LogP contribution in [0.2, 0.25) is 0 Å².